The van der Waals surface area contributed by atoms with Crippen molar-refractivity contribution in [2.75, 3.05) is 5.32 Å². The summed E-state index contributed by atoms with van der Waals surface area (Å²) in [6, 6.07) is 6.05. The summed E-state index contributed by atoms with van der Waals surface area (Å²) in [5.41, 5.74) is 1.49. The van der Waals surface area contributed by atoms with Crippen molar-refractivity contribution in [3.8, 4) is 11.3 Å². The fraction of sp³-hybridized carbons (Fsp3) is 0.214. The Balaban J connectivity index is 1.59. The van der Waals surface area contributed by atoms with Gasteiger partial charge in [0.05, 0.1) is 12.2 Å². The van der Waals surface area contributed by atoms with Crippen molar-refractivity contribution >= 4 is 22.4 Å². The number of aromatic nitrogens is 5. The van der Waals surface area contributed by atoms with Gasteiger partial charge in [0.2, 0.25) is 5.91 Å². The minimum Gasteiger partial charge on any atom is -0.302 e. The number of aryl methyl sites for hydroxylation is 2. The number of hydrogen-bond donors (Lipinski definition) is 1. The third-order valence-electron chi connectivity index (χ3n) is 3.15. The van der Waals surface area contributed by atoms with Crippen LogP contribution in [-0.2, 0) is 11.3 Å². The average Bonchev–Trinajstić information content (AvgIpc) is 3.15. The third kappa shape index (κ3) is 3.75. The van der Waals surface area contributed by atoms with Crippen LogP contribution in [0.1, 0.15) is 12.2 Å². The zero-order chi connectivity index (χ0) is 16.2. The number of tetrazole rings is 1. The van der Waals surface area contributed by atoms with Crippen LogP contribution in [0.4, 0.5) is 9.52 Å². The van der Waals surface area contributed by atoms with Crippen molar-refractivity contribution in [2.24, 2.45) is 0 Å². The van der Waals surface area contributed by atoms with Crippen LogP contribution in [0.25, 0.3) is 11.3 Å². The van der Waals surface area contributed by atoms with Gasteiger partial charge in [-0.25, -0.2) is 14.1 Å². The zero-order valence-electron chi connectivity index (χ0n) is 12.2. The fourth-order valence-electron chi connectivity index (χ4n) is 1.93. The van der Waals surface area contributed by atoms with Crippen molar-refractivity contribution < 1.29 is 9.18 Å². The first kappa shape index (κ1) is 15.2. The number of carbonyl (C=O) groups is 1. The number of anilines is 1. The highest BCUT2D eigenvalue weighted by molar-refractivity contribution is 7.14. The molecule has 2 heterocycles. The number of halogens is 1. The monoisotopic (exact) mass is 332 g/mol. The molecule has 0 aliphatic heterocycles. The molecule has 118 valence electrons. The summed E-state index contributed by atoms with van der Waals surface area (Å²) in [5.74, 6) is 0.195. The number of benzene rings is 1. The first-order chi connectivity index (χ1) is 11.1. The van der Waals surface area contributed by atoms with Crippen LogP contribution >= 0.6 is 11.3 Å². The van der Waals surface area contributed by atoms with Gasteiger partial charge in [0.15, 0.2) is 5.13 Å². The van der Waals surface area contributed by atoms with E-state index in [4.69, 9.17) is 0 Å². The quantitative estimate of drug-likeness (QED) is 0.774. The smallest absolute Gasteiger partial charge is 0.228 e. The molecule has 7 nitrogen and oxygen atoms in total. The van der Waals surface area contributed by atoms with Crippen LogP contribution in [0.15, 0.2) is 29.6 Å². The molecular formula is C14H13FN6OS. The van der Waals surface area contributed by atoms with Crippen molar-refractivity contribution in [1.82, 2.24) is 25.2 Å². The predicted molar refractivity (Wildman–Crippen MR) is 83.3 cm³/mol. The van der Waals surface area contributed by atoms with Gasteiger partial charge in [0, 0.05) is 17.4 Å². The maximum Gasteiger partial charge on any atom is 0.228 e. The van der Waals surface area contributed by atoms with Crippen LogP contribution < -0.4 is 5.32 Å². The van der Waals surface area contributed by atoms with Crippen LogP contribution in [0.5, 0.6) is 0 Å². The van der Waals surface area contributed by atoms with Gasteiger partial charge in [-0.2, -0.15) is 0 Å². The fourth-order valence-corrected chi connectivity index (χ4v) is 2.67. The lowest BCUT2D eigenvalue weighted by Gasteiger charge is -2.02. The Kier molecular flexibility index (Phi) is 4.38. The Hall–Kier alpha value is -2.68. The van der Waals surface area contributed by atoms with Gasteiger partial charge >= 0.3 is 0 Å². The average molecular weight is 332 g/mol. The molecule has 0 aliphatic rings. The van der Waals surface area contributed by atoms with E-state index in [1.807, 2.05) is 5.38 Å². The van der Waals surface area contributed by atoms with E-state index in [1.54, 1.807) is 23.7 Å². The molecule has 3 aromatic rings. The lowest BCUT2D eigenvalue weighted by Crippen LogP contribution is -2.15. The molecule has 0 unspecified atom stereocenters. The second-order valence-electron chi connectivity index (χ2n) is 4.79. The largest absolute Gasteiger partial charge is 0.302 e. The molecule has 1 amide bonds. The van der Waals surface area contributed by atoms with Gasteiger partial charge in [-0.15, -0.1) is 16.4 Å². The first-order valence-electron chi connectivity index (χ1n) is 6.86. The minimum atomic E-state index is -0.296. The van der Waals surface area contributed by atoms with Gasteiger partial charge < -0.3 is 5.32 Å². The third-order valence-corrected chi connectivity index (χ3v) is 3.91. The maximum absolute atomic E-state index is 12.9. The van der Waals surface area contributed by atoms with E-state index >= 15 is 0 Å². The Bertz CT molecular complexity index is 813. The van der Waals surface area contributed by atoms with E-state index in [0.717, 1.165) is 5.56 Å². The molecule has 0 aliphatic carbocycles. The molecule has 0 radical (unpaired) electrons. The van der Waals surface area contributed by atoms with Crippen molar-refractivity contribution in [3.63, 3.8) is 0 Å². The standard InChI is InChI=1S/C14H13FN6OS/c1-9-18-19-20-21(9)7-6-13(22)17-14-16-12(8-23-14)10-2-4-11(15)5-3-10/h2-5,8H,6-7H2,1H3,(H,16,17,22). The van der Waals surface area contributed by atoms with Gasteiger partial charge in [0.25, 0.3) is 0 Å². The van der Waals surface area contributed by atoms with Gasteiger partial charge in [0.1, 0.15) is 11.6 Å². The van der Waals surface area contributed by atoms with Crippen LogP contribution in [0, 0.1) is 12.7 Å². The lowest BCUT2D eigenvalue weighted by atomic mass is 10.2. The molecule has 3 rings (SSSR count). The summed E-state index contributed by atoms with van der Waals surface area (Å²) in [4.78, 5) is 16.3. The van der Waals surface area contributed by atoms with Gasteiger partial charge in [-0.05, 0) is 41.6 Å². The summed E-state index contributed by atoms with van der Waals surface area (Å²) >= 11 is 1.32. The highest BCUT2D eigenvalue weighted by Crippen LogP contribution is 2.25. The Morgan fingerprint density at radius 1 is 1.35 bits per heavy atom. The molecule has 0 fully saturated rings. The molecule has 0 spiro atoms. The number of hydrogen-bond acceptors (Lipinski definition) is 6. The molecule has 0 saturated heterocycles. The van der Waals surface area contributed by atoms with Crippen LogP contribution in [0.3, 0.4) is 0 Å². The van der Waals surface area contributed by atoms with E-state index in [9.17, 15) is 9.18 Å². The van der Waals surface area contributed by atoms with Crippen LogP contribution in [-0.4, -0.2) is 31.1 Å². The molecule has 23 heavy (non-hydrogen) atoms. The van der Waals surface area contributed by atoms with Gasteiger partial charge in [-0.1, -0.05) is 0 Å². The topological polar surface area (TPSA) is 85.6 Å². The van der Waals surface area contributed by atoms with E-state index in [1.165, 1.54) is 23.5 Å². The van der Waals surface area contributed by atoms with Gasteiger partial charge in [-0.3, -0.25) is 4.79 Å². The molecule has 0 atom stereocenters. The number of thiazole rings is 1. The van der Waals surface area contributed by atoms with E-state index in [-0.39, 0.29) is 18.1 Å². The molecule has 1 aromatic carbocycles. The molecule has 0 saturated carbocycles. The number of carbonyl (C=O) groups excluding carboxylic acids is 1. The summed E-state index contributed by atoms with van der Waals surface area (Å²) in [6.45, 7) is 2.18. The first-order valence-corrected chi connectivity index (χ1v) is 7.74. The number of nitrogens with zero attached hydrogens (tertiary/aromatic N) is 5. The van der Waals surface area contributed by atoms with E-state index in [2.05, 4.69) is 25.8 Å². The minimum absolute atomic E-state index is 0.167. The Labute approximate surface area is 135 Å². The zero-order valence-corrected chi connectivity index (χ0v) is 13.0. The highest BCUT2D eigenvalue weighted by atomic mass is 32.1. The summed E-state index contributed by atoms with van der Waals surface area (Å²) in [7, 11) is 0. The summed E-state index contributed by atoms with van der Waals surface area (Å²) in [5, 5.41) is 16.1. The number of nitrogens with one attached hydrogen (secondary N) is 1. The highest BCUT2D eigenvalue weighted by Gasteiger charge is 2.09. The lowest BCUT2D eigenvalue weighted by molar-refractivity contribution is -0.116. The van der Waals surface area contributed by atoms with Crippen molar-refractivity contribution in [2.45, 2.75) is 19.9 Å². The van der Waals surface area contributed by atoms with Crippen molar-refractivity contribution in [1.29, 1.82) is 0 Å². The number of amides is 1. The molecular weight excluding hydrogens is 319 g/mol. The Morgan fingerprint density at radius 2 is 2.13 bits per heavy atom. The summed E-state index contributed by atoms with van der Waals surface area (Å²) < 4.78 is 14.5. The molecule has 0 bridgehead atoms. The van der Waals surface area contributed by atoms with E-state index in [0.29, 0.717) is 23.2 Å². The second-order valence-corrected chi connectivity index (χ2v) is 5.65. The molecule has 1 N–H and O–H groups in total. The normalized spacial score (nSPS) is 10.7. The van der Waals surface area contributed by atoms with Crippen LogP contribution in [0.2, 0.25) is 0 Å². The predicted octanol–water partition coefficient (Wildman–Crippen LogP) is 2.27. The SMILES string of the molecule is Cc1nnnn1CCC(=O)Nc1nc(-c2ccc(F)cc2)cs1. The number of rotatable bonds is 5. The maximum atomic E-state index is 12.9. The summed E-state index contributed by atoms with van der Waals surface area (Å²) in [6.07, 6.45) is 0.247. The van der Waals surface area contributed by atoms with E-state index < -0.39 is 0 Å². The molecule has 2 aromatic heterocycles. The molecule has 9 heteroatoms. The second kappa shape index (κ2) is 6.61. The Morgan fingerprint density at radius 3 is 2.83 bits per heavy atom. The van der Waals surface area contributed by atoms with Crippen molar-refractivity contribution in [3.05, 3.63) is 41.3 Å².